The molecule has 3 heterocycles. The van der Waals surface area contributed by atoms with Crippen molar-refractivity contribution in [2.75, 3.05) is 13.2 Å². The molecule has 9 heteroatoms. The maximum atomic E-state index is 9.95. The molecule has 0 unspecified atom stereocenters. The normalized spacial score (nSPS) is 22.9. The van der Waals surface area contributed by atoms with E-state index in [0.717, 1.165) is 10.0 Å². The summed E-state index contributed by atoms with van der Waals surface area (Å²) in [7, 11) is 0. The largest absolute Gasteiger partial charge is 0.459 e. The minimum Gasteiger partial charge on any atom is -0.459 e. The van der Waals surface area contributed by atoms with Gasteiger partial charge in [-0.05, 0) is 18.2 Å². The molecule has 142 valence electrons. The van der Waals surface area contributed by atoms with Gasteiger partial charge in [-0.15, -0.1) is 0 Å². The number of nitrogens with zero attached hydrogens (tertiary/aromatic N) is 2. The topological polar surface area (TPSA) is 100 Å². The second-order valence-corrected chi connectivity index (χ2v) is 7.66. The van der Waals surface area contributed by atoms with E-state index >= 15 is 0 Å². The predicted molar refractivity (Wildman–Crippen MR) is 104 cm³/mol. The Morgan fingerprint density at radius 2 is 2.07 bits per heavy atom. The van der Waals surface area contributed by atoms with E-state index in [4.69, 9.17) is 26.2 Å². The molecule has 0 radical (unpaired) electrons. The van der Waals surface area contributed by atoms with Gasteiger partial charge < -0.3 is 24.7 Å². The van der Waals surface area contributed by atoms with Crippen LogP contribution in [-0.2, 0) is 4.74 Å². The average molecular weight is 455 g/mol. The van der Waals surface area contributed by atoms with Crippen LogP contribution in [0, 0.1) is 0 Å². The van der Waals surface area contributed by atoms with E-state index in [-0.39, 0.29) is 25.3 Å². The quantitative estimate of drug-likeness (QED) is 0.560. The Morgan fingerprint density at radius 1 is 1.30 bits per heavy atom. The summed E-state index contributed by atoms with van der Waals surface area (Å²) in [6, 6.07) is 9.73. The fourth-order valence-electron chi connectivity index (χ4n) is 3.01. The summed E-state index contributed by atoms with van der Waals surface area (Å²) < 4.78 is 12.2. The molecule has 3 aromatic rings. The van der Waals surface area contributed by atoms with E-state index in [1.54, 1.807) is 6.07 Å². The third-order valence-corrected chi connectivity index (χ3v) is 5.23. The molecular weight excluding hydrogens is 438 g/mol. The number of rotatable bonds is 4. The molecular formula is C18H17BrClN3O4. The van der Waals surface area contributed by atoms with Gasteiger partial charge in [-0.2, -0.15) is 4.98 Å². The zero-order valence-corrected chi connectivity index (χ0v) is 16.4. The first-order valence-electron chi connectivity index (χ1n) is 8.43. The van der Waals surface area contributed by atoms with E-state index in [2.05, 4.69) is 30.9 Å². The van der Waals surface area contributed by atoms with Crippen LogP contribution in [0.25, 0.3) is 22.4 Å². The number of nitrogens with one attached hydrogen (secondary N) is 1. The number of H-pyrrole nitrogens is 1. The lowest BCUT2D eigenvalue weighted by Gasteiger charge is -2.31. The van der Waals surface area contributed by atoms with E-state index < -0.39 is 12.2 Å². The molecule has 1 aromatic carbocycles. The molecule has 1 fully saturated rings. The lowest BCUT2D eigenvalue weighted by Crippen LogP contribution is -2.45. The van der Waals surface area contributed by atoms with Gasteiger partial charge in [0.05, 0.1) is 35.6 Å². The molecule has 4 rings (SSSR count). The number of hydrogen-bond donors (Lipinski definition) is 3. The second kappa shape index (κ2) is 7.73. The summed E-state index contributed by atoms with van der Waals surface area (Å²) in [6.45, 7) is 0.0391. The van der Waals surface area contributed by atoms with Crippen LogP contribution in [-0.4, -0.2) is 56.7 Å². The van der Waals surface area contributed by atoms with Crippen molar-refractivity contribution in [3.63, 3.8) is 0 Å². The number of imidazole rings is 1. The molecule has 0 aliphatic carbocycles. The van der Waals surface area contributed by atoms with Crippen molar-refractivity contribution in [1.82, 2.24) is 15.0 Å². The number of hydrogen-bond acceptors (Lipinski definition) is 6. The number of aliphatic hydroxyl groups excluding tert-OH is 2. The Balaban J connectivity index is 1.57. The zero-order valence-electron chi connectivity index (χ0n) is 14.1. The molecule has 2 aromatic heterocycles. The molecule has 7 nitrogen and oxygen atoms in total. The van der Waals surface area contributed by atoms with E-state index in [1.165, 1.54) is 0 Å². The Hall–Kier alpha value is -1.71. The number of benzene rings is 1. The summed E-state index contributed by atoms with van der Waals surface area (Å²) in [4.78, 5) is 12.0. The summed E-state index contributed by atoms with van der Waals surface area (Å²) in [5.41, 5.74) is 2.66. The molecule has 27 heavy (non-hydrogen) atoms. The first-order valence-corrected chi connectivity index (χ1v) is 9.60. The van der Waals surface area contributed by atoms with Gasteiger partial charge in [0.2, 0.25) is 0 Å². The average Bonchev–Trinajstić information content (AvgIpc) is 3.03. The van der Waals surface area contributed by atoms with Gasteiger partial charge in [0.15, 0.2) is 5.65 Å². The monoisotopic (exact) mass is 453 g/mol. The third-order valence-electron chi connectivity index (χ3n) is 4.41. The van der Waals surface area contributed by atoms with Crippen molar-refractivity contribution in [1.29, 1.82) is 0 Å². The fourth-order valence-corrected chi connectivity index (χ4v) is 3.53. The molecule has 1 saturated heterocycles. The van der Waals surface area contributed by atoms with Gasteiger partial charge in [-0.3, -0.25) is 0 Å². The molecule has 3 N–H and O–H groups in total. The van der Waals surface area contributed by atoms with Crippen LogP contribution in [0.15, 0.2) is 34.8 Å². The van der Waals surface area contributed by atoms with Gasteiger partial charge in [0, 0.05) is 16.5 Å². The van der Waals surface area contributed by atoms with Gasteiger partial charge >= 0.3 is 0 Å². The Kier molecular flexibility index (Phi) is 5.34. The Labute approximate surface area is 168 Å². The van der Waals surface area contributed by atoms with E-state index in [0.29, 0.717) is 28.3 Å². The molecule has 1 aliphatic rings. The number of ether oxygens (including phenoxy) is 2. The third kappa shape index (κ3) is 3.95. The van der Waals surface area contributed by atoms with E-state index in [1.807, 2.05) is 24.3 Å². The summed E-state index contributed by atoms with van der Waals surface area (Å²) in [5.74, 6) is 0. The van der Waals surface area contributed by atoms with E-state index in [9.17, 15) is 5.11 Å². The van der Waals surface area contributed by atoms with Crippen LogP contribution >= 0.6 is 27.5 Å². The Morgan fingerprint density at radius 3 is 2.78 bits per heavy atom. The van der Waals surface area contributed by atoms with Crippen LogP contribution in [0.5, 0.6) is 6.01 Å². The van der Waals surface area contributed by atoms with Crippen LogP contribution < -0.4 is 4.74 Å². The molecule has 0 bridgehead atoms. The van der Waals surface area contributed by atoms with Crippen molar-refractivity contribution in [2.24, 2.45) is 0 Å². The smallest absolute Gasteiger partial charge is 0.296 e. The van der Waals surface area contributed by atoms with Gasteiger partial charge in [0.1, 0.15) is 12.2 Å². The molecule has 0 saturated carbocycles. The SMILES string of the molecule is OC[C@H]1OC[C@H](Oc2nc3nc(-c4ccc(Br)cc4)c(Cl)cc3[nH]2)C[C@@H]1O. The fraction of sp³-hybridized carbons (Fsp3) is 0.333. The standard InChI is InChI=1S/C18H17BrClN3O4/c19-10-3-1-9(2-4-10)16-12(20)6-13-17(22-16)23-18(21-13)27-11-5-14(25)15(7-24)26-8-11/h1-4,6,11,14-15,24-25H,5,7-8H2,(H,21,22,23)/t11-,14+,15-/m1/s1. The maximum absolute atomic E-state index is 9.95. The summed E-state index contributed by atoms with van der Waals surface area (Å²) in [5, 5.41) is 19.6. The number of aromatic amines is 1. The van der Waals surface area contributed by atoms with Crippen molar-refractivity contribution in [3.05, 3.63) is 39.8 Å². The van der Waals surface area contributed by atoms with Crippen molar-refractivity contribution >= 4 is 38.7 Å². The zero-order chi connectivity index (χ0) is 19.0. The minimum absolute atomic E-state index is 0.222. The van der Waals surface area contributed by atoms with Crippen LogP contribution in [0.4, 0.5) is 0 Å². The predicted octanol–water partition coefficient (Wildman–Crippen LogP) is 2.93. The summed E-state index contributed by atoms with van der Waals surface area (Å²) in [6.07, 6.45) is -1.38. The van der Waals surface area contributed by atoms with Crippen molar-refractivity contribution in [2.45, 2.75) is 24.7 Å². The lowest BCUT2D eigenvalue weighted by molar-refractivity contribution is -0.131. The van der Waals surface area contributed by atoms with Crippen molar-refractivity contribution in [3.8, 4) is 17.3 Å². The molecule has 3 atom stereocenters. The maximum Gasteiger partial charge on any atom is 0.296 e. The number of aromatic nitrogens is 3. The van der Waals surface area contributed by atoms with Crippen LogP contribution in [0.3, 0.4) is 0 Å². The van der Waals surface area contributed by atoms with Crippen LogP contribution in [0.1, 0.15) is 6.42 Å². The van der Waals surface area contributed by atoms with Gasteiger partial charge in [0.25, 0.3) is 6.01 Å². The number of pyridine rings is 1. The van der Waals surface area contributed by atoms with Gasteiger partial charge in [-0.1, -0.05) is 39.7 Å². The first-order chi connectivity index (χ1) is 13.0. The minimum atomic E-state index is -0.783. The first kappa shape index (κ1) is 18.6. The number of halogens is 2. The lowest BCUT2D eigenvalue weighted by atomic mass is 10.0. The number of aliphatic hydroxyl groups is 2. The highest BCUT2D eigenvalue weighted by atomic mass is 79.9. The van der Waals surface area contributed by atoms with Gasteiger partial charge in [-0.25, -0.2) is 4.98 Å². The highest BCUT2D eigenvalue weighted by molar-refractivity contribution is 9.10. The second-order valence-electron chi connectivity index (χ2n) is 6.34. The molecule has 0 spiro atoms. The molecule has 1 aliphatic heterocycles. The van der Waals surface area contributed by atoms with Crippen molar-refractivity contribution < 1.29 is 19.7 Å². The van der Waals surface area contributed by atoms with Crippen LogP contribution in [0.2, 0.25) is 5.02 Å². The Bertz CT molecular complexity index is 950. The summed E-state index contributed by atoms with van der Waals surface area (Å²) >= 11 is 9.80. The number of fused-ring (bicyclic) bond motifs is 1. The molecule has 0 amide bonds. The highest BCUT2D eigenvalue weighted by Gasteiger charge is 2.31. The highest BCUT2D eigenvalue weighted by Crippen LogP contribution is 2.30.